The van der Waals surface area contributed by atoms with Crippen LogP contribution in [-0.4, -0.2) is 19.0 Å². The monoisotopic (exact) mass is 462 g/mol. The summed E-state index contributed by atoms with van der Waals surface area (Å²) in [4.78, 5) is 12.8. The van der Waals surface area contributed by atoms with Crippen LogP contribution in [0.25, 0.3) is 0 Å². The van der Waals surface area contributed by atoms with E-state index in [0.717, 1.165) is 6.42 Å². The van der Waals surface area contributed by atoms with Crippen LogP contribution in [0.1, 0.15) is 23.2 Å². The van der Waals surface area contributed by atoms with Gasteiger partial charge in [-0.25, -0.2) is 0 Å². The van der Waals surface area contributed by atoms with Gasteiger partial charge in [-0.3, -0.25) is 9.36 Å². The molecule has 2 aromatic carbocycles. The number of allylic oxidation sites excluding steroid dienone is 2. The molecule has 0 amide bonds. The molecule has 1 aliphatic carbocycles. The first-order chi connectivity index (χ1) is 14.4. The Morgan fingerprint density at radius 1 is 1.10 bits per heavy atom. The number of ether oxygens (including phenoxy) is 1. The van der Waals surface area contributed by atoms with Gasteiger partial charge >= 0.3 is 7.60 Å². The lowest BCUT2D eigenvalue weighted by Crippen LogP contribution is -2.18. The van der Waals surface area contributed by atoms with Crippen molar-refractivity contribution in [1.29, 1.82) is 0 Å². The molecule has 5 nitrogen and oxygen atoms in total. The Labute approximate surface area is 184 Å². The molecule has 30 heavy (non-hydrogen) atoms. The summed E-state index contributed by atoms with van der Waals surface area (Å²) < 4.78 is 29.2. The number of hydrogen-bond acceptors (Lipinski definition) is 5. The molecule has 0 bridgehead atoms. The van der Waals surface area contributed by atoms with Crippen molar-refractivity contribution in [3.63, 3.8) is 0 Å². The van der Waals surface area contributed by atoms with E-state index in [-0.39, 0.29) is 5.78 Å². The second-order valence-electron chi connectivity index (χ2n) is 6.76. The van der Waals surface area contributed by atoms with Gasteiger partial charge in [-0.2, -0.15) is 0 Å². The number of hydrogen-bond donors (Lipinski definition) is 0. The molecule has 1 fully saturated rings. The van der Waals surface area contributed by atoms with Crippen molar-refractivity contribution in [3.05, 3.63) is 69.9 Å². The molecule has 1 aliphatic heterocycles. The summed E-state index contributed by atoms with van der Waals surface area (Å²) in [5, 5.41) is 1.25. The number of benzene rings is 2. The predicted octanol–water partition coefficient (Wildman–Crippen LogP) is 5.42. The number of carbonyl (C=O) groups is 1. The largest absolute Gasteiger partial charge is 0.461 e. The highest BCUT2D eigenvalue weighted by Gasteiger charge is 2.30. The Kier molecular flexibility index (Phi) is 6.34. The minimum atomic E-state index is -3.25. The maximum absolute atomic E-state index is 12.8. The van der Waals surface area contributed by atoms with Crippen molar-refractivity contribution < 1.29 is 23.1 Å². The van der Waals surface area contributed by atoms with Crippen LogP contribution in [0.5, 0.6) is 5.75 Å². The standard InChI is InChI=1S/C22H17Cl2O5P/c23-16-5-10-21(24)20(14-16)22(25)15-3-1-4-18(13-15)29-17-6-8-19(9-7-17)30(26)27-11-2-12-28-30/h4-10,14-15H,2,11-13H2. The summed E-state index contributed by atoms with van der Waals surface area (Å²) in [5.74, 6) is 6.04. The molecule has 154 valence electrons. The minimum absolute atomic E-state index is 0.204. The molecular formula is C22H17Cl2O5P. The minimum Gasteiger partial charge on any atom is -0.461 e. The zero-order valence-electron chi connectivity index (χ0n) is 15.8. The number of ketones is 1. The fourth-order valence-electron chi connectivity index (χ4n) is 3.10. The number of Topliss-reactive ketones (excluding diaryl/α,β-unsaturated/α-hetero) is 1. The van der Waals surface area contributed by atoms with Gasteiger partial charge in [-0.15, -0.1) is 0 Å². The summed E-state index contributed by atoms with van der Waals surface area (Å²) in [7, 11) is -3.25. The van der Waals surface area contributed by atoms with E-state index in [0.29, 0.717) is 52.1 Å². The van der Waals surface area contributed by atoms with Crippen LogP contribution in [0.15, 0.2) is 54.3 Å². The van der Waals surface area contributed by atoms with Gasteiger partial charge in [0.2, 0.25) is 0 Å². The van der Waals surface area contributed by atoms with E-state index in [4.69, 9.17) is 37.0 Å². The molecule has 0 N–H and O–H groups in total. The Bertz CT molecular complexity index is 1100. The second kappa shape index (κ2) is 8.98. The fraction of sp³-hybridized carbons (Fsp3) is 0.227. The average Bonchev–Trinajstić information content (AvgIpc) is 2.76. The molecule has 0 radical (unpaired) electrons. The molecule has 1 saturated heterocycles. The molecule has 0 spiro atoms. The van der Waals surface area contributed by atoms with Gasteiger partial charge < -0.3 is 13.8 Å². The Hall–Kier alpha value is -2.06. The number of carbonyl (C=O) groups excluding carboxylic acids is 1. The Morgan fingerprint density at radius 3 is 2.57 bits per heavy atom. The molecule has 0 aromatic heterocycles. The lowest BCUT2D eigenvalue weighted by atomic mass is 9.92. The summed E-state index contributed by atoms with van der Waals surface area (Å²) in [6.07, 6.45) is 2.66. The van der Waals surface area contributed by atoms with E-state index >= 15 is 0 Å². The van der Waals surface area contributed by atoms with Crippen molar-refractivity contribution in [2.45, 2.75) is 12.8 Å². The third-order valence-electron chi connectivity index (χ3n) is 4.62. The molecule has 4 rings (SSSR count). The van der Waals surface area contributed by atoms with Gasteiger partial charge in [0, 0.05) is 23.1 Å². The van der Waals surface area contributed by atoms with Crippen molar-refractivity contribution in [3.8, 4) is 17.6 Å². The Balaban J connectivity index is 1.44. The van der Waals surface area contributed by atoms with Crippen LogP contribution in [0.3, 0.4) is 0 Å². The highest BCUT2D eigenvalue weighted by atomic mass is 35.5. The van der Waals surface area contributed by atoms with Gasteiger partial charge in [0.15, 0.2) is 5.78 Å². The van der Waals surface area contributed by atoms with Gasteiger partial charge in [0.25, 0.3) is 0 Å². The Morgan fingerprint density at radius 2 is 1.83 bits per heavy atom. The summed E-state index contributed by atoms with van der Waals surface area (Å²) in [6, 6.07) is 11.4. The molecule has 1 unspecified atom stereocenters. The van der Waals surface area contributed by atoms with Crippen LogP contribution >= 0.6 is 30.8 Å². The van der Waals surface area contributed by atoms with Gasteiger partial charge in [-0.1, -0.05) is 35.0 Å². The lowest BCUT2D eigenvalue weighted by molar-refractivity contribution is 0.0943. The number of halogens is 2. The maximum atomic E-state index is 12.8. The maximum Gasteiger partial charge on any atom is 0.361 e. The summed E-state index contributed by atoms with van der Waals surface area (Å²) >= 11 is 12.1. The van der Waals surface area contributed by atoms with E-state index < -0.39 is 13.5 Å². The second-order valence-corrected chi connectivity index (χ2v) is 9.63. The molecule has 2 aromatic rings. The number of rotatable bonds is 5. The van der Waals surface area contributed by atoms with Crippen molar-refractivity contribution >= 4 is 41.9 Å². The van der Waals surface area contributed by atoms with Gasteiger partial charge in [0.1, 0.15) is 11.5 Å². The van der Waals surface area contributed by atoms with Crippen LogP contribution in [0.4, 0.5) is 0 Å². The highest BCUT2D eigenvalue weighted by Crippen LogP contribution is 2.49. The van der Waals surface area contributed by atoms with Crippen molar-refractivity contribution in [1.82, 2.24) is 0 Å². The van der Waals surface area contributed by atoms with Crippen molar-refractivity contribution in [2.75, 3.05) is 13.2 Å². The van der Waals surface area contributed by atoms with Crippen molar-refractivity contribution in [2.24, 2.45) is 5.92 Å². The smallest absolute Gasteiger partial charge is 0.361 e. The molecule has 0 saturated carbocycles. The first kappa shape index (κ1) is 21.2. The molecule has 1 atom stereocenters. The van der Waals surface area contributed by atoms with Gasteiger partial charge in [0.05, 0.1) is 29.5 Å². The zero-order chi connectivity index (χ0) is 21.1. The molecule has 2 aliphatic rings. The zero-order valence-corrected chi connectivity index (χ0v) is 18.2. The van der Waals surface area contributed by atoms with E-state index in [2.05, 4.69) is 11.8 Å². The van der Waals surface area contributed by atoms with Crippen LogP contribution in [-0.2, 0) is 13.6 Å². The summed E-state index contributed by atoms with van der Waals surface area (Å²) in [6.45, 7) is 0.820. The quantitative estimate of drug-likeness (QED) is 0.337. The highest BCUT2D eigenvalue weighted by molar-refractivity contribution is 7.62. The normalized spacial score (nSPS) is 19.9. The van der Waals surface area contributed by atoms with Crippen LogP contribution in [0, 0.1) is 17.8 Å². The van der Waals surface area contributed by atoms with Crippen LogP contribution in [0.2, 0.25) is 10.0 Å². The predicted molar refractivity (Wildman–Crippen MR) is 116 cm³/mol. The average molecular weight is 463 g/mol. The topological polar surface area (TPSA) is 61.8 Å². The van der Waals surface area contributed by atoms with E-state index in [9.17, 15) is 9.36 Å². The first-order valence-corrected chi connectivity index (χ1v) is 11.6. The third-order valence-corrected chi connectivity index (χ3v) is 7.16. The van der Waals surface area contributed by atoms with E-state index in [1.807, 2.05) is 0 Å². The van der Waals surface area contributed by atoms with E-state index in [1.165, 1.54) is 0 Å². The molecular weight excluding hydrogens is 446 g/mol. The first-order valence-electron chi connectivity index (χ1n) is 9.31. The SMILES string of the molecule is O=C(c1cc(Cl)ccc1Cl)C1C#CC=C(Oc2ccc(P3(=O)OCCCO3)cc2)C1. The van der Waals surface area contributed by atoms with Crippen LogP contribution < -0.4 is 10.0 Å². The van der Waals surface area contributed by atoms with E-state index in [1.54, 1.807) is 48.5 Å². The molecule has 8 heteroatoms. The summed E-state index contributed by atoms with van der Waals surface area (Å²) in [5.41, 5.74) is 0.339. The fourth-order valence-corrected chi connectivity index (χ4v) is 5.11. The molecule has 1 heterocycles. The third kappa shape index (κ3) is 4.64. The lowest BCUT2D eigenvalue weighted by Gasteiger charge is -2.23. The van der Waals surface area contributed by atoms with Gasteiger partial charge in [-0.05, 0) is 48.9 Å².